The van der Waals surface area contributed by atoms with E-state index in [9.17, 15) is 19.5 Å². The van der Waals surface area contributed by atoms with Gasteiger partial charge in [-0.15, -0.1) is 0 Å². The Labute approximate surface area is 172 Å². The molecule has 0 aliphatic carbocycles. The summed E-state index contributed by atoms with van der Waals surface area (Å²) in [6.45, 7) is 3.38. The van der Waals surface area contributed by atoms with Gasteiger partial charge in [-0.25, -0.2) is 4.79 Å². The zero-order valence-electron chi connectivity index (χ0n) is 16.7. The van der Waals surface area contributed by atoms with Crippen molar-refractivity contribution in [2.75, 3.05) is 5.32 Å². The third-order valence-electron chi connectivity index (χ3n) is 4.50. The van der Waals surface area contributed by atoms with E-state index in [1.165, 1.54) is 0 Å². The molecule has 0 radical (unpaired) electrons. The number of aromatic amines is 1. The first-order valence-electron chi connectivity index (χ1n) is 9.45. The minimum absolute atomic E-state index is 0.0890. The van der Waals surface area contributed by atoms with E-state index in [4.69, 9.17) is 0 Å². The summed E-state index contributed by atoms with van der Waals surface area (Å²) in [4.78, 5) is 43.1. The van der Waals surface area contributed by atoms with Gasteiger partial charge in [0, 0.05) is 6.42 Å². The third-order valence-corrected chi connectivity index (χ3v) is 4.50. The molecule has 1 aromatic heterocycles. The van der Waals surface area contributed by atoms with Crippen molar-refractivity contribution in [2.45, 2.75) is 26.8 Å². The highest BCUT2D eigenvalue weighted by molar-refractivity contribution is 6.03. The number of hydrogen-bond donors (Lipinski definition) is 3. The van der Waals surface area contributed by atoms with Crippen LogP contribution < -0.4 is 16.6 Å². The monoisotopic (exact) mass is 406 g/mol. The molecule has 0 aliphatic rings. The number of nitrogens with zero attached hydrogens (tertiary/aromatic N) is 2. The van der Waals surface area contributed by atoms with Crippen molar-refractivity contribution < 1.29 is 9.90 Å². The number of carbonyl (C=O) groups is 1. The molecule has 1 amide bonds. The van der Waals surface area contributed by atoms with Gasteiger partial charge in [0.1, 0.15) is 5.56 Å². The summed E-state index contributed by atoms with van der Waals surface area (Å²) < 4.78 is 1.08. The highest BCUT2D eigenvalue weighted by Crippen LogP contribution is 2.26. The second-order valence-corrected chi connectivity index (χ2v) is 6.65. The van der Waals surface area contributed by atoms with Gasteiger partial charge in [0.25, 0.3) is 5.56 Å². The first-order valence-corrected chi connectivity index (χ1v) is 9.45. The van der Waals surface area contributed by atoms with Crippen molar-refractivity contribution in [1.82, 2.24) is 9.55 Å². The van der Waals surface area contributed by atoms with E-state index in [1.54, 1.807) is 38.1 Å². The summed E-state index contributed by atoms with van der Waals surface area (Å²) in [5.74, 6) is -0.642. The first kappa shape index (κ1) is 20.8. The SMILES string of the molecule is CCC(=O)Nc1ccccc1N=C(C)c1c(O)n(Cc2ccccc2)c(=O)[nH]c1=O. The molecule has 0 aliphatic heterocycles. The maximum Gasteiger partial charge on any atom is 0.331 e. The van der Waals surface area contributed by atoms with Crippen molar-refractivity contribution in [2.24, 2.45) is 4.99 Å². The predicted octanol–water partition coefficient (Wildman–Crippen LogP) is 2.78. The van der Waals surface area contributed by atoms with Gasteiger partial charge in [-0.2, -0.15) is 0 Å². The van der Waals surface area contributed by atoms with Crippen LogP contribution in [0.5, 0.6) is 5.88 Å². The van der Waals surface area contributed by atoms with Gasteiger partial charge in [0.15, 0.2) is 0 Å². The van der Waals surface area contributed by atoms with Crippen LogP contribution in [0.4, 0.5) is 11.4 Å². The molecule has 0 unspecified atom stereocenters. The van der Waals surface area contributed by atoms with Crippen LogP contribution in [0.2, 0.25) is 0 Å². The number of aliphatic imine (C=N–C) groups is 1. The Balaban J connectivity index is 2.06. The molecule has 1 heterocycles. The van der Waals surface area contributed by atoms with Crippen LogP contribution in [-0.2, 0) is 11.3 Å². The van der Waals surface area contributed by atoms with Crippen LogP contribution in [0.1, 0.15) is 31.4 Å². The lowest BCUT2D eigenvalue weighted by molar-refractivity contribution is -0.115. The van der Waals surface area contributed by atoms with Crippen molar-refractivity contribution in [3.8, 4) is 5.88 Å². The average Bonchev–Trinajstić information content (AvgIpc) is 2.73. The van der Waals surface area contributed by atoms with Crippen LogP contribution in [0.3, 0.4) is 0 Å². The van der Waals surface area contributed by atoms with Crippen molar-refractivity contribution in [3.05, 3.63) is 86.6 Å². The predicted molar refractivity (Wildman–Crippen MR) is 116 cm³/mol. The van der Waals surface area contributed by atoms with Gasteiger partial charge in [-0.05, 0) is 24.6 Å². The van der Waals surface area contributed by atoms with Crippen LogP contribution in [0.15, 0.2) is 69.2 Å². The van der Waals surface area contributed by atoms with Crippen molar-refractivity contribution >= 4 is 23.0 Å². The van der Waals surface area contributed by atoms with Gasteiger partial charge >= 0.3 is 5.69 Å². The Morgan fingerprint density at radius 1 is 1.10 bits per heavy atom. The molecule has 0 spiro atoms. The van der Waals surface area contributed by atoms with Crippen LogP contribution in [0.25, 0.3) is 0 Å². The van der Waals surface area contributed by atoms with Gasteiger partial charge in [-0.3, -0.25) is 24.1 Å². The standard InChI is InChI=1S/C22H22N4O4/c1-3-18(27)24-17-12-8-7-11-16(17)23-14(2)19-20(28)25-22(30)26(21(19)29)13-15-9-5-4-6-10-15/h4-12,29H,3,13H2,1-2H3,(H,24,27)(H,25,28,30). The summed E-state index contributed by atoms with van der Waals surface area (Å²) in [6, 6.07) is 16.0. The average molecular weight is 406 g/mol. The van der Waals surface area contributed by atoms with Crippen LogP contribution in [0, 0.1) is 0 Å². The molecule has 0 saturated carbocycles. The summed E-state index contributed by atoms with van der Waals surface area (Å²) in [5, 5.41) is 13.5. The van der Waals surface area contributed by atoms with Gasteiger partial charge < -0.3 is 10.4 Å². The fourth-order valence-corrected chi connectivity index (χ4v) is 2.95. The number of amides is 1. The lowest BCUT2D eigenvalue weighted by Crippen LogP contribution is -2.33. The van der Waals surface area contributed by atoms with E-state index in [0.29, 0.717) is 17.8 Å². The largest absolute Gasteiger partial charge is 0.494 e. The maximum absolute atomic E-state index is 12.4. The Hall–Kier alpha value is -3.94. The number of benzene rings is 2. The molecule has 0 saturated heterocycles. The molecular weight excluding hydrogens is 384 g/mol. The zero-order valence-corrected chi connectivity index (χ0v) is 16.7. The van der Waals surface area contributed by atoms with Crippen LogP contribution >= 0.6 is 0 Å². The normalized spacial score (nSPS) is 11.3. The Morgan fingerprint density at radius 2 is 1.77 bits per heavy atom. The Morgan fingerprint density at radius 3 is 2.47 bits per heavy atom. The Kier molecular flexibility index (Phi) is 6.26. The van der Waals surface area contributed by atoms with E-state index in [1.807, 2.05) is 30.3 Å². The fraction of sp³-hybridized carbons (Fsp3) is 0.182. The fourth-order valence-electron chi connectivity index (χ4n) is 2.95. The second-order valence-electron chi connectivity index (χ2n) is 6.65. The summed E-state index contributed by atoms with van der Waals surface area (Å²) in [7, 11) is 0. The molecule has 3 rings (SSSR count). The zero-order chi connectivity index (χ0) is 21.7. The number of aromatic hydroxyl groups is 1. The summed E-state index contributed by atoms with van der Waals surface area (Å²) >= 11 is 0. The molecule has 3 N–H and O–H groups in total. The molecule has 3 aromatic rings. The molecule has 30 heavy (non-hydrogen) atoms. The van der Waals surface area contributed by atoms with E-state index in [2.05, 4.69) is 15.3 Å². The molecule has 0 atom stereocenters. The third kappa shape index (κ3) is 4.54. The molecule has 154 valence electrons. The van der Waals surface area contributed by atoms with Crippen molar-refractivity contribution in [3.63, 3.8) is 0 Å². The second kappa shape index (κ2) is 9.04. The first-order chi connectivity index (χ1) is 14.4. The molecule has 8 heteroatoms. The number of carbonyl (C=O) groups excluding carboxylic acids is 1. The summed E-state index contributed by atoms with van der Waals surface area (Å²) in [6.07, 6.45) is 0.307. The van der Waals surface area contributed by atoms with Gasteiger partial charge in [0.05, 0.1) is 23.6 Å². The van der Waals surface area contributed by atoms with E-state index in [-0.39, 0.29) is 23.7 Å². The number of anilines is 1. The molecular formula is C22H22N4O4. The molecule has 0 fully saturated rings. The van der Waals surface area contributed by atoms with Crippen molar-refractivity contribution in [1.29, 1.82) is 0 Å². The van der Waals surface area contributed by atoms with Gasteiger partial charge in [0.2, 0.25) is 11.8 Å². The molecule has 8 nitrogen and oxygen atoms in total. The quantitative estimate of drug-likeness (QED) is 0.546. The maximum atomic E-state index is 12.4. The minimum Gasteiger partial charge on any atom is -0.494 e. The van der Waals surface area contributed by atoms with Gasteiger partial charge in [-0.1, -0.05) is 49.4 Å². The number of aromatic nitrogens is 2. The van der Waals surface area contributed by atoms with E-state index >= 15 is 0 Å². The smallest absolute Gasteiger partial charge is 0.331 e. The lowest BCUT2D eigenvalue weighted by Gasteiger charge is -2.12. The number of hydrogen-bond acceptors (Lipinski definition) is 5. The molecule has 2 aromatic carbocycles. The number of nitrogens with one attached hydrogen (secondary N) is 2. The van der Waals surface area contributed by atoms with E-state index < -0.39 is 17.1 Å². The molecule has 0 bridgehead atoms. The number of rotatable bonds is 6. The van der Waals surface area contributed by atoms with E-state index in [0.717, 1.165) is 10.1 Å². The highest BCUT2D eigenvalue weighted by Gasteiger charge is 2.17. The topological polar surface area (TPSA) is 117 Å². The van der Waals surface area contributed by atoms with Crippen LogP contribution in [-0.4, -0.2) is 26.3 Å². The number of para-hydroxylation sites is 2. The summed E-state index contributed by atoms with van der Waals surface area (Å²) in [5.41, 5.74) is 0.339. The minimum atomic E-state index is -0.738. The number of H-pyrrole nitrogens is 1. The lowest BCUT2D eigenvalue weighted by atomic mass is 10.2. The highest BCUT2D eigenvalue weighted by atomic mass is 16.3. The Bertz CT molecular complexity index is 1210.